The fourth-order valence-corrected chi connectivity index (χ4v) is 1.80. The zero-order chi connectivity index (χ0) is 15.2. The first-order valence-corrected chi connectivity index (χ1v) is 6.55. The highest BCUT2D eigenvalue weighted by molar-refractivity contribution is 5.56. The number of rotatable bonds is 5. The minimum absolute atomic E-state index is 0.633. The third-order valence-electron chi connectivity index (χ3n) is 3.03. The topological polar surface area (TPSA) is 46.4 Å². The third kappa shape index (κ3) is 3.72. The number of azo groups is 1. The number of nitrogens with zero attached hydrogens (tertiary/aromatic N) is 3. The first kappa shape index (κ1) is 14.8. The number of methoxy groups -OCH3 is 2. The summed E-state index contributed by atoms with van der Waals surface area (Å²) in [6.07, 6.45) is 0. The lowest BCUT2D eigenvalue weighted by Gasteiger charge is -2.11. The smallest absolute Gasteiger partial charge is 0.146 e. The fraction of sp³-hybridized carbons (Fsp3) is 0.250. The lowest BCUT2D eigenvalue weighted by atomic mass is 10.2. The van der Waals surface area contributed by atoms with Crippen LogP contribution in [0.25, 0.3) is 0 Å². The second-order valence-corrected chi connectivity index (χ2v) is 4.65. The van der Waals surface area contributed by atoms with Gasteiger partial charge in [0.2, 0.25) is 0 Å². The highest BCUT2D eigenvalue weighted by Gasteiger charge is 2.04. The summed E-state index contributed by atoms with van der Waals surface area (Å²) in [5.74, 6) is 1.37. The van der Waals surface area contributed by atoms with Crippen LogP contribution in [0.15, 0.2) is 52.7 Å². The van der Waals surface area contributed by atoms with Gasteiger partial charge in [0.15, 0.2) is 0 Å². The van der Waals surface area contributed by atoms with E-state index in [1.165, 1.54) is 0 Å². The summed E-state index contributed by atoms with van der Waals surface area (Å²) >= 11 is 0. The van der Waals surface area contributed by atoms with E-state index in [0.29, 0.717) is 17.2 Å². The van der Waals surface area contributed by atoms with E-state index in [0.717, 1.165) is 11.4 Å². The van der Waals surface area contributed by atoms with Gasteiger partial charge in [0.05, 0.1) is 19.9 Å². The molecule has 110 valence electrons. The average molecular weight is 285 g/mol. The Bertz CT molecular complexity index is 622. The van der Waals surface area contributed by atoms with Gasteiger partial charge in [0, 0.05) is 25.8 Å². The number of ether oxygens (including phenoxy) is 2. The zero-order valence-corrected chi connectivity index (χ0v) is 12.7. The van der Waals surface area contributed by atoms with E-state index in [4.69, 9.17) is 9.47 Å². The van der Waals surface area contributed by atoms with Crippen LogP contribution in [0.4, 0.5) is 17.1 Å². The van der Waals surface area contributed by atoms with E-state index in [-0.39, 0.29) is 0 Å². The Morgan fingerprint density at radius 1 is 0.857 bits per heavy atom. The largest absolute Gasteiger partial charge is 0.497 e. The van der Waals surface area contributed by atoms with Crippen LogP contribution in [0.3, 0.4) is 0 Å². The van der Waals surface area contributed by atoms with Gasteiger partial charge in [0.25, 0.3) is 0 Å². The molecule has 2 rings (SSSR count). The molecule has 0 aliphatic rings. The Labute approximate surface area is 124 Å². The van der Waals surface area contributed by atoms with Crippen molar-refractivity contribution >= 4 is 17.1 Å². The predicted molar refractivity (Wildman–Crippen MR) is 84.5 cm³/mol. The van der Waals surface area contributed by atoms with Crippen LogP contribution >= 0.6 is 0 Å². The van der Waals surface area contributed by atoms with Crippen molar-refractivity contribution in [2.24, 2.45) is 10.2 Å². The van der Waals surface area contributed by atoms with Crippen LogP contribution in [0.2, 0.25) is 0 Å². The van der Waals surface area contributed by atoms with Crippen LogP contribution in [-0.4, -0.2) is 28.3 Å². The maximum absolute atomic E-state index is 5.27. The van der Waals surface area contributed by atoms with Crippen molar-refractivity contribution in [3.63, 3.8) is 0 Å². The minimum Gasteiger partial charge on any atom is -0.497 e. The van der Waals surface area contributed by atoms with Gasteiger partial charge in [-0.2, -0.15) is 5.11 Å². The molecule has 5 heteroatoms. The molecule has 0 aromatic heterocycles. The zero-order valence-electron chi connectivity index (χ0n) is 12.7. The van der Waals surface area contributed by atoms with E-state index < -0.39 is 0 Å². The molecule has 5 nitrogen and oxygen atoms in total. The number of hydrogen-bond donors (Lipinski definition) is 0. The second-order valence-electron chi connectivity index (χ2n) is 4.65. The molecule has 0 unspecified atom stereocenters. The first-order valence-electron chi connectivity index (χ1n) is 6.55. The Balaban J connectivity index is 2.23. The molecule has 0 atom stereocenters. The van der Waals surface area contributed by atoms with E-state index in [2.05, 4.69) is 10.2 Å². The molecule has 0 fully saturated rings. The summed E-state index contributed by atoms with van der Waals surface area (Å²) in [5, 5.41) is 8.47. The summed E-state index contributed by atoms with van der Waals surface area (Å²) in [5.41, 5.74) is 2.53. The standard InChI is InChI=1S/C16H19N3O2/c1-19(2)13-7-5-12(6-8-13)17-18-15-11-14(20-3)9-10-16(15)21-4/h5-11H,1-4H3. The molecule has 0 heterocycles. The highest BCUT2D eigenvalue weighted by atomic mass is 16.5. The predicted octanol–water partition coefficient (Wildman–Crippen LogP) is 4.19. The van der Waals surface area contributed by atoms with Crippen molar-refractivity contribution in [3.8, 4) is 11.5 Å². The van der Waals surface area contributed by atoms with Crippen molar-refractivity contribution in [3.05, 3.63) is 42.5 Å². The van der Waals surface area contributed by atoms with Gasteiger partial charge >= 0.3 is 0 Å². The van der Waals surface area contributed by atoms with E-state index in [1.54, 1.807) is 20.3 Å². The Hall–Kier alpha value is -2.56. The molecule has 0 amide bonds. The highest BCUT2D eigenvalue weighted by Crippen LogP contribution is 2.32. The molecule has 0 aliphatic carbocycles. The van der Waals surface area contributed by atoms with Gasteiger partial charge in [-0.05, 0) is 36.4 Å². The van der Waals surface area contributed by atoms with Crippen molar-refractivity contribution in [1.29, 1.82) is 0 Å². The van der Waals surface area contributed by atoms with E-state index >= 15 is 0 Å². The molecular formula is C16H19N3O2. The van der Waals surface area contributed by atoms with Crippen molar-refractivity contribution < 1.29 is 9.47 Å². The van der Waals surface area contributed by atoms with Crippen LogP contribution in [0.5, 0.6) is 11.5 Å². The SMILES string of the molecule is COc1ccc(OC)c(N=Nc2ccc(N(C)C)cc2)c1. The van der Waals surface area contributed by atoms with Gasteiger partial charge < -0.3 is 14.4 Å². The summed E-state index contributed by atoms with van der Waals surface area (Å²) in [6, 6.07) is 13.3. The van der Waals surface area contributed by atoms with E-state index in [1.807, 2.05) is 55.4 Å². The summed E-state index contributed by atoms with van der Waals surface area (Å²) in [7, 11) is 7.21. The van der Waals surface area contributed by atoms with Crippen molar-refractivity contribution in [1.82, 2.24) is 0 Å². The summed E-state index contributed by atoms with van der Waals surface area (Å²) in [4.78, 5) is 2.03. The number of anilines is 1. The van der Waals surface area contributed by atoms with Crippen LogP contribution < -0.4 is 14.4 Å². The van der Waals surface area contributed by atoms with Crippen molar-refractivity contribution in [2.75, 3.05) is 33.2 Å². The van der Waals surface area contributed by atoms with Crippen LogP contribution in [0, 0.1) is 0 Å². The van der Waals surface area contributed by atoms with Gasteiger partial charge in [-0.3, -0.25) is 0 Å². The second kappa shape index (κ2) is 6.74. The summed E-state index contributed by atoms with van der Waals surface area (Å²) < 4.78 is 10.5. The molecule has 0 saturated carbocycles. The van der Waals surface area contributed by atoms with Crippen molar-refractivity contribution in [2.45, 2.75) is 0 Å². The lowest BCUT2D eigenvalue weighted by Crippen LogP contribution is -2.07. The molecule has 2 aromatic carbocycles. The van der Waals surface area contributed by atoms with Gasteiger partial charge in [-0.15, -0.1) is 5.11 Å². The normalized spacial score (nSPS) is 10.7. The maximum atomic E-state index is 5.27. The van der Waals surface area contributed by atoms with Gasteiger partial charge in [-0.1, -0.05) is 0 Å². The molecule has 0 N–H and O–H groups in total. The summed E-state index contributed by atoms with van der Waals surface area (Å²) in [6.45, 7) is 0. The quantitative estimate of drug-likeness (QED) is 0.774. The molecule has 0 saturated heterocycles. The average Bonchev–Trinajstić information content (AvgIpc) is 2.52. The molecule has 0 spiro atoms. The molecule has 0 bridgehead atoms. The molecule has 2 aromatic rings. The molecule has 0 aliphatic heterocycles. The van der Waals surface area contributed by atoms with Crippen LogP contribution in [-0.2, 0) is 0 Å². The first-order chi connectivity index (χ1) is 10.1. The number of hydrogen-bond acceptors (Lipinski definition) is 5. The fourth-order valence-electron chi connectivity index (χ4n) is 1.80. The Morgan fingerprint density at radius 3 is 2.14 bits per heavy atom. The third-order valence-corrected chi connectivity index (χ3v) is 3.03. The molecule has 0 radical (unpaired) electrons. The Morgan fingerprint density at radius 2 is 1.57 bits per heavy atom. The van der Waals surface area contributed by atoms with Gasteiger partial charge in [-0.25, -0.2) is 0 Å². The maximum Gasteiger partial charge on any atom is 0.146 e. The van der Waals surface area contributed by atoms with E-state index in [9.17, 15) is 0 Å². The lowest BCUT2D eigenvalue weighted by molar-refractivity contribution is 0.404. The van der Waals surface area contributed by atoms with Gasteiger partial charge in [0.1, 0.15) is 17.2 Å². The number of benzene rings is 2. The van der Waals surface area contributed by atoms with Crippen LogP contribution in [0.1, 0.15) is 0 Å². The Kier molecular flexibility index (Phi) is 4.77. The monoisotopic (exact) mass is 285 g/mol. The molecular weight excluding hydrogens is 266 g/mol. The minimum atomic E-state index is 0.633. The molecule has 21 heavy (non-hydrogen) atoms.